The third-order valence-electron chi connectivity index (χ3n) is 5.35. The molecule has 2 heterocycles. The predicted octanol–water partition coefficient (Wildman–Crippen LogP) is 2.21. The van der Waals surface area contributed by atoms with Crippen molar-refractivity contribution in [3.8, 4) is 17.2 Å². The van der Waals surface area contributed by atoms with Crippen LogP contribution in [0.25, 0.3) is 0 Å². The van der Waals surface area contributed by atoms with Gasteiger partial charge in [0, 0.05) is 31.7 Å². The molecule has 1 N–H and O–H groups in total. The van der Waals surface area contributed by atoms with Crippen LogP contribution in [0.2, 0.25) is 0 Å². The fourth-order valence-corrected chi connectivity index (χ4v) is 4.82. The Labute approximate surface area is 183 Å². The van der Waals surface area contributed by atoms with Gasteiger partial charge in [-0.2, -0.15) is 0 Å². The van der Waals surface area contributed by atoms with Crippen LogP contribution in [0, 0.1) is 0 Å². The largest absolute Gasteiger partial charge is 0.494 e. The zero-order chi connectivity index (χ0) is 21.7. The van der Waals surface area contributed by atoms with Crippen LogP contribution >= 0.6 is 0 Å². The summed E-state index contributed by atoms with van der Waals surface area (Å²) >= 11 is 0. The molecule has 9 heteroatoms. The molecule has 0 radical (unpaired) electrons. The van der Waals surface area contributed by atoms with Gasteiger partial charge in [-0.05, 0) is 36.8 Å². The van der Waals surface area contributed by atoms with E-state index in [1.54, 1.807) is 6.07 Å². The maximum absolute atomic E-state index is 13.0. The Morgan fingerprint density at radius 1 is 1.00 bits per heavy atom. The molecule has 0 saturated carbocycles. The van der Waals surface area contributed by atoms with Crippen LogP contribution in [0.4, 0.5) is 0 Å². The number of morpholine rings is 1. The molecule has 0 amide bonds. The van der Waals surface area contributed by atoms with Crippen molar-refractivity contribution < 1.29 is 27.4 Å². The van der Waals surface area contributed by atoms with Crippen LogP contribution in [-0.2, 0) is 14.8 Å². The minimum Gasteiger partial charge on any atom is -0.494 e. The molecule has 0 aromatic heterocycles. The zero-order valence-electron chi connectivity index (χ0n) is 17.6. The van der Waals surface area contributed by atoms with Crippen molar-refractivity contribution in [2.45, 2.75) is 17.9 Å². The first-order chi connectivity index (χ1) is 15.1. The maximum Gasteiger partial charge on any atom is 0.240 e. The summed E-state index contributed by atoms with van der Waals surface area (Å²) < 4.78 is 50.8. The molecule has 4 rings (SSSR count). The standard InChI is InChI=1S/C22H28N2O6S/c1-2-28-18-5-3-17(4-6-18)20(24-9-11-27-12-10-24)16-23-31(25,26)19-7-8-21-22(15-19)30-14-13-29-21/h3-8,15,20,23H,2,9-14,16H2,1H3. The van der Waals surface area contributed by atoms with Gasteiger partial charge >= 0.3 is 0 Å². The summed E-state index contributed by atoms with van der Waals surface area (Å²) in [5.74, 6) is 1.81. The monoisotopic (exact) mass is 448 g/mol. The Kier molecular flexibility index (Phi) is 6.96. The summed E-state index contributed by atoms with van der Waals surface area (Å²) in [5.41, 5.74) is 1.02. The second-order valence-corrected chi connectivity index (χ2v) is 9.09. The van der Waals surface area contributed by atoms with Crippen LogP contribution in [0.1, 0.15) is 18.5 Å². The van der Waals surface area contributed by atoms with Crippen molar-refractivity contribution in [2.24, 2.45) is 0 Å². The number of ether oxygens (including phenoxy) is 4. The van der Waals surface area contributed by atoms with E-state index in [-0.39, 0.29) is 17.5 Å². The summed E-state index contributed by atoms with van der Waals surface area (Å²) in [6.45, 7) is 6.38. The van der Waals surface area contributed by atoms with E-state index in [1.165, 1.54) is 12.1 Å². The molecular formula is C22H28N2O6S. The van der Waals surface area contributed by atoms with E-state index in [0.717, 1.165) is 24.4 Å². The fourth-order valence-electron chi connectivity index (χ4n) is 3.76. The molecule has 168 valence electrons. The fraction of sp³-hybridized carbons (Fsp3) is 0.455. The van der Waals surface area contributed by atoms with Gasteiger partial charge in [0.05, 0.1) is 24.7 Å². The zero-order valence-corrected chi connectivity index (χ0v) is 18.4. The van der Waals surface area contributed by atoms with Gasteiger partial charge < -0.3 is 18.9 Å². The first-order valence-corrected chi connectivity index (χ1v) is 12.0. The average molecular weight is 449 g/mol. The van der Waals surface area contributed by atoms with Crippen LogP contribution < -0.4 is 18.9 Å². The molecule has 2 aromatic carbocycles. The summed E-state index contributed by atoms with van der Waals surface area (Å²) in [6, 6.07) is 12.4. The molecule has 0 spiro atoms. The van der Waals surface area contributed by atoms with Crippen molar-refractivity contribution in [3.05, 3.63) is 48.0 Å². The quantitative estimate of drug-likeness (QED) is 0.663. The smallest absolute Gasteiger partial charge is 0.240 e. The van der Waals surface area contributed by atoms with Gasteiger partial charge in [-0.1, -0.05) is 12.1 Å². The van der Waals surface area contributed by atoms with Crippen LogP contribution in [0.5, 0.6) is 17.2 Å². The molecule has 0 aliphatic carbocycles. The molecule has 2 aliphatic heterocycles. The van der Waals surface area contributed by atoms with Crippen molar-refractivity contribution >= 4 is 10.0 Å². The highest BCUT2D eigenvalue weighted by Crippen LogP contribution is 2.32. The predicted molar refractivity (Wildman–Crippen MR) is 115 cm³/mol. The first kappa shape index (κ1) is 21.9. The van der Waals surface area contributed by atoms with Crippen molar-refractivity contribution in [3.63, 3.8) is 0 Å². The van der Waals surface area contributed by atoms with E-state index >= 15 is 0 Å². The average Bonchev–Trinajstić information content (AvgIpc) is 2.81. The van der Waals surface area contributed by atoms with Crippen LogP contribution in [-0.4, -0.2) is 66.0 Å². The summed E-state index contributed by atoms with van der Waals surface area (Å²) in [7, 11) is -3.72. The third kappa shape index (κ3) is 5.30. The Morgan fingerprint density at radius 3 is 2.42 bits per heavy atom. The SMILES string of the molecule is CCOc1ccc(C(CNS(=O)(=O)c2ccc3c(c2)OCCO3)N2CCOCC2)cc1. The number of nitrogens with zero attached hydrogens (tertiary/aromatic N) is 1. The number of benzene rings is 2. The van der Waals surface area contributed by atoms with Crippen molar-refractivity contribution in [1.82, 2.24) is 9.62 Å². The number of sulfonamides is 1. The molecule has 2 aromatic rings. The van der Waals surface area contributed by atoms with E-state index in [2.05, 4.69) is 9.62 Å². The number of nitrogens with one attached hydrogen (secondary N) is 1. The van der Waals surface area contributed by atoms with Gasteiger partial charge in [-0.15, -0.1) is 0 Å². The molecule has 1 unspecified atom stereocenters. The maximum atomic E-state index is 13.0. The summed E-state index contributed by atoms with van der Waals surface area (Å²) in [6.07, 6.45) is 0. The Hall–Kier alpha value is -2.33. The first-order valence-electron chi connectivity index (χ1n) is 10.5. The summed E-state index contributed by atoms with van der Waals surface area (Å²) in [4.78, 5) is 2.40. The molecule has 0 bridgehead atoms. The lowest BCUT2D eigenvalue weighted by Gasteiger charge is -2.35. The highest BCUT2D eigenvalue weighted by atomic mass is 32.2. The number of rotatable bonds is 8. The van der Waals surface area contributed by atoms with Crippen molar-refractivity contribution in [2.75, 3.05) is 52.7 Å². The number of hydrogen-bond acceptors (Lipinski definition) is 7. The number of fused-ring (bicyclic) bond motifs is 1. The minimum atomic E-state index is -3.72. The molecule has 1 atom stereocenters. The van der Waals surface area contributed by atoms with Gasteiger partial charge in [-0.3, -0.25) is 4.90 Å². The Balaban J connectivity index is 1.52. The molecule has 1 fully saturated rings. The van der Waals surface area contributed by atoms with Crippen LogP contribution in [0.15, 0.2) is 47.4 Å². The van der Waals surface area contributed by atoms with E-state index < -0.39 is 10.0 Å². The third-order valence-corrected chi connectivity index (χ3v) is 6.77. The van der Waals surface area contributed by atoms with Crippen LogP contribution in [0.3, 0.4) is 0 Å². The second-order valence-electron chi connectivity index (χ2n) is 7.32. The molecule has 31 heavy (non-hydrogen) atoms. The van der Waals surface area contributed by atoms with E-state index in [0.29, 0.717) is 44.5 Å². The van der Waals surface area contributed by atoms with Crippen molar-refractivity contribution in [1.29, 1.82) is 0 Å². The normalized spacial score (nSPS) is 17.8. The van der Waals surface area contributed by atoms with Gasteiger partial charge in [-0.25, -0.2) is 13.1 Å². The second kappa shape index (κ2) is 9.86. The van der Waals surface area contributed by atoms with E-state index in [9.17, 15) is 8.42 Å². The van der Waals surface area contributed by atoms with Gasteiger partial charge in [0.2, 0.25) is 10.0 Å². The lowest BCUT2D eigenvalue weighted by molar-refractivity contribution is 0.0172. The van der Waals surface area contributed by atoms with E-state index in [1.807, 2.05) is 31.2 Å². The minimum absolute atomic E-state index is 0.119. The summed E-state index contributed by atoms with van der Waals surface area (Å²) in [5, 5.41) is 0. The lowest BCUT2D eigenvalue weighted by Crippen LogP contribution is -2.43. The Bertz CT molecular complexity index is 974. The number of hydrogen-bond donors (Lipinski definition) is 1. The molecule has 8 nitrogen and oxygen atoms in total. The highest BCUT2D eigenvalue weighted by molar-refractivity contribution is 7.89. The highest BCUT2D eigenvalue weighted by Gasteiger charge is 2.26. The molecular weight excluding hydrogens is 420 g/mol. The topological polar surface area (TPSA) is 86.3 Å². The molecule has 2 aliphatic rings. The molecule has 1 saturated heterocycles. The van der Waals surface area contributed by atoms with E-state index in [4.69, 9.17) is 18.9 Å². The van der Waals surface area contributed by atoms with Gasteiger partial charge in [0.15, 0.2) is 11.5 Å². The lowest BCUT2D eigenvalue weighted by atomic mass is 10.0. The Morgan fingerprint density at radius 2 is 1.71 bits per heavy atom. The van der Waals surface area contributed by atoms with Gasteiger partial charge in [0.1, 0.15) is 19.0 Å². The van der Waals surface area contributed by atoms with Gasteiger partial charge in [0.25, 0.3) is 0 Å².